The molecule has 0 saturated heterocycles. The molecule has 2 aromatic carbocycles. The van der Waals surface area contributed by atoms with Crippen LogP contribution in [0, 0.1) is 13.8 Å². The van der Waals surface area contributed by atoms with Gasteiger partial charge in [-0.1, -0.05) is 12.1 Å². The predicted molar refractivity (Wildman–Crippen MR) is 104 cm³/mol. The van der Waals surface area contributed by atoms with Gasteiger partial charge in [0.2, 0.25) is 0 Å². The monoisotopic (exact) mass is 377 g/mol. The summed E-state index contributed by atoms with van der Waals surface area (Å²) >= 11 is 0. The van der Waals surface area contributed by atoms with Gasteiger partial charge in [-0.2, -0.15) is 0 Å². The predicted octanol–water partition coefficient (Wildman–Crippen LogP) is 3.10. The molecule has 0 radical (unpaired) electrons. The Morgan fingerprint density at radius 2 is 1.65 bits per heavy atom. The zero-order valence-corrected chi connectivity index (χ0v) is 16.7. The van der Waals surface area contributed by atoms with E-state index in [0.717, 1.165) is 16.9 Å². The fourth-order valence-electron chi connectivity index (χ4n) is 2.64. The van der Waals surface area contributed by atoms with Gasteiger partial charge in [-0.25, -0.2) is 8.42 Å². The highest BCUT2D eigenvalue weighted by molar-refractivity contribution is 7.91. The van der Waals surface area contributed by atoms with Crippen LogP contribution in [0.3, 0.4) is 0 Å². The fourth-order valence-corrected chi connectivity index (χ4v) is 4.01. The van der Waals surface area contributed by atoms with E-state index in [1.807, 2.05) is 37.9 Å². The second-order valence-electron chi connectivity index (χ2n) is 6.47. The highest BCUT2D eigenvalue weighted by atomic mass is 32.2. The molecule has 0 atom stereocenters. The minimum absolute atomic E-state index is 0.0558. The largest absolute Gasteiger partial charge is 0.497 e. The van der Waals surface area contributed by atoms with Crippen LogP contribution in [-0.2, 0) is 9.84 Å². The second kappa shape index (κ2) is 9.05. The lowest BCUT2D eigenvalue weighted by atomic mass is 10.1. The average molecular weight is 378 g/mol. The lowest BCUT2D eigenvalue weighted by molar-refractivity contribution is 0.244. The summed E-state index contributed by atoms with van der Waals surface area (Å²) in [4.78, 5) is 2.25. The molecule has 142 valence electrons. The molecule has 6 heteroatoms. The molecule has 0 fully saturated rings. The molecule has 26 heavy (non-hydrogen) atoms. The third-order valence-corrected chi connectivity index (χ3v) is 5.77. The van der Waals surface area contributed by atoms with Crippen molar-refractivity contribution in [2.24, 2.45) is 0 Å². The third-order valence-electron chi connectivity index (χ3n) is 4.08. The quantitative estimate of drug-likeness (QED) is 0.672. The van der Waals surface area contributed by atoms with Gasteiger partial charge in [-0.3, -0.25) is 0 Å². The van der Waals surface area contributed by atoms with E-state index in [2.05, 4.69) is 6.07 Å². The minimum Gasteiger partial charge on any atom is -0.497 e. The first-order chi connectivity index (χ1) is 12.3. The van der Waals surface area contributed by atoms with Crippen LogP contribution in [0.4, 0.5) is 0 Å². The maximum atomic E-state index is 12.5. The second-order valence-corrected chi connectivity index (χ2v) is 8.58. The molecule has 0 spiro atoms. The van der Waals surface area contributed by atoms with Crippen LogP contribution in [0.2, 0.25) is 0 Å². The van der Waals surface area contributed by atoms with Crippen LogP contribution in [0.15, 0.2) is 47.4 Å². The first kappa shape index (κ1) is 20.3. The lowest BCUT2D eigenvalue weighted by Crippen LogP contribution is -2.29. The molecule has 0 bridgehead atoms. The highest BCUT2D eigenvalue weighted by Crippen LogP contribution is 2.18. The Bertz CT molecular complexity index is 813. The standard InChI is InChI=1S/C20H27NO4S/c1-16-12-17(2)14-19(13-16)25-10-8-21(3)9-11-26(22,23)20-7-5-6-18(15-20)24-4/h5-7,12-15H,8-11H2,1-4H3. The number of sulfone groups is 1. The van der Waals surface area contributed by atoms with Crippen LogP contribution < -0.4 is 9.47 Å². The van der Waals surface area contributed by atoms with E-state index < -0.39 is 9.84 Å². The average Bonchev–Trinajstić information content (AvgIpc) is 2.59. The van der Waals surface area contributed by atoms with E-state index in [-0.39, 0.29) is 10.6 Å². The van der Waals surface area contributed by atoms with Crippen LogP contribution in [0.1, 0.15) is 11.1 Å². The van der Waals surface area contributed by atoms with E-state index in [1.54, 1.807) is 24.3 Å². The molecule has 0 heterocycles. The number of likely N-dealkylation sites (N-methyl/N-ethyl adjacent to an activating group) is 1. The molecule has 2 rings (SSSR count). The number of nitrogens with zero attached hydrogens (tertiary/aromatic N) is 1. The maximum Gasteiger partial charge on any atom is 0.179 e. The first-order valence-electron chi connectivity index (χ1n) is 8.56. The van der Waals surface area contributed by atoms with Crippen molar-refractivity contribution in [1.29, 1.82) is 0 Å². The van der Waals surface area contributed by atoms with Crippen molar-refractivity contribution < 1.29 is 17.9 Å². The Morgan fingerprint density at radius 1 is 0.962 bits per heavy atom. The van der Waals surface area contributed by atoms with Crippen molar-refractivity contribution >= 4 is 9.84 Å². The molecule has 0 saturated carbocycles. The summed E-state index contributed by atoms with van der Waals surface area (Å²) in [5.41, 5.74) is 2.33. The van der Waals surface area contributed by atoms with Crippen molar-refractivity contribution in [3.05, 3.63) is 53.6 Å². The smallest absolute Gasteiger partial charge is 0.179 e. The number of hydrogen-bond acceptors (Lipinski definition) is 5. The molecule has 0 aliphatic rings. The Morgan fingerprint density at radius 3 is 2.31 bits per heavy atom. The van der Waals surface area contributed by atoms with E-state index >= 15 is 0 Å². The van der Waals surface area contributed by atoms with Crippen molar-refractivity contribution in [3.63, 3.8) is 0 Å². The van der Waals surface area contributed by atoms with Crippen molar-refractivity contribution in [2.75, 3.05) is 39.6 Å². The molecule has 0 unspecified atom stereocenters. The van der Waals surface area contributed by atoms with Crippen molar-refractivity contribution in [1.82, 2.24) is 4.90 Å². The van der Waals surface area contributed by atoms with Crippen LogP contribution >= 0.6 is 0 Å². The normalized spacial score (nSPS) is 11.6. The molecule has 0 aromatic heterocycles. The molecule has 0 N–H and O–H groups in total. The van der Waals surface area contributed by atoms with Crippen molar-refractivity contribution in [3.8, 4) is 11.5 Å². The van der Waals surface area contributed by atoms with Crippen LogP contribution in [-0.4, -0.2) is 52.9 Å². The molecular formula is C20H27NO4S. The third kappa shape index (κ3) is 6.04. The zero-order chi connectivity index (χ0) is 19.2. The van der Waals surface area contributed by atoms with E-state index in [4.69, 9.17) is 9.47 Å². The highest BCUT2D eigenvalue weighted by Gasteiger charge is 2.16. The Labute approximate surface area is 156 Å². The summed E-state index contributed by atoms with van der Waals surface area (Å²) in [6, 6.07) is 12.7. The number of ether oxygens (including phenoxy) is 2. The van der Waals surface area contributed by atoms with Gasteiger partial charge < -0.3 is 14.4 Å². The molecule has 0 amide bonds. The maximum absolute atomic E-state index is 12.5. The summed E-state index contributed by atoms with van der Waals surface area (Å²) in [5.74, 6) is 1.45. The van der Waals surface area contributed by atoms with Crippen LogP contribution in [0.5, 0.6) is 11.5 Å². The van der Waals surface area contributed by atoms with Gasteiger partial charge >= 0.3 is 0 Å². The van der Waals surface area contributed by atoms with Gasteiger partial charge in [0.1, 0.15) is 18.1 Å². The lowest BCUT2D eigenvalue weighted by Gasteiger charge is -2.17. The van der Waals surface area contributed by atoms with E-state index in [9.17, 15) is 8.42 Å². The Balaban J connectivity index is 1.82. The SMILES string of the molecule is COc1cccc(S(=O)(=O)CCN(C)CCOc2cc(C)cc(C)c2)c1. The van der Waals surface area contributed by atoms with E-state index in [0.29, 0.717) is 25.4 Å². The van der Waals surface area contributed by atoms with Gasteiger partial charge in [0.05, 0.1) is 17.8 Å². The Hall–Kier alpha value is -2.05. The number of benzene rings is 2. The molecule has 2 aromatic rings. The van der Waals surface area contributed by atoms with Gasteiger partial charge in [0.25, 0.3) is 0 Å². The molecule has 0 aliphatic carbocycles. The van der Waals surface area contributed by atoms with Crippen LogP contribution in [0.25, 0.3) is 0 Å². The summed E-state index contributed by atoms with van der Waals surface area (Å²) in [7, 11) is 0.0790. The van der Waals surface area contributed by atoms with Gasteiger partial charge in [-0.05, 0) is 62.4 Å². The van der Waals surface area contributed by atoms with E-state index in [1.165, 1.54) is 7.11 Å². The summed E-state index contributed by atoms with van der Waals surface area (Å²) in [6.45, 7) is 5.68. The zero-order valence-electron chi connectivity index (χ0n) is 15.9. The fraction of sp³-hybridized carbons (Fsp3) is 0.400. The number of hydrogen-bond donors (Lipinski definition) is 0. The topological polar surface area (TPSA) is 55.8 Å². The minimum atomic E-state index is -3.34. The van der Waals surface area contributed by atoms with Gasteiger partial charge in [-0.15, -0.1) is 0 Å². The van der Waals surface area contributed by atoms with Gasteiger partial charge in [0, 0.05) is 13.1 Å². The molecular weight excluding hydrogens is 350 g/mol. The molecule has 0 aliphatic heterocycles. The summed E-state index contributed by atoms with van der Waals surface area (Å²) < 4.78 is 35.8. The Kier molecular flexibility index (Phi) is 7.06. The number of rotatable bonds is 9. The van der Waals surface area contributed by atoms with Crippen molar-refractivity contribution in [2.45, 2.75) is 18.7 Å². The number of aryl methyl sites for hydroxylation is 2. The summed E-state index contributed by atoms with van der Waals surface area (Å²) in [6.07, 6.45) is 0. The van der Waals surface area contributed by atoms with Gasteiger partial charge in [0.15, 0.2) is 9.84 Å². The first-order valence-corrected chi connectivity index (χ1v) is 10.2. The summed E-state index contributed by atoms with van der Waals surface area (Å²) in [5, 5.41) is 0. The number of methoxy groups -OCH3 is 1. The molecule has 5 nitrogen and oxygen atoms in total.